The second-order valence-corrected chi connectivity index (χ2v) is 10.0. The molecule has 2 saturated heterocycles. The van der Waals surface area contributed by atoms with Crippen molar-refractivity contribution in [2.24, 2.45) is 0 Å². The van der Waals surface area contributed by atoms with E-state index in [2.05, 4.69) is 57.1 Å². The quantitative estimate of drug-likeness (QED) is 0.365. The van der Waals surface area contributed by atoms with Crippen LogP contribution in [0.25, 0.3) is 10.8 Å². The molecule has 2 aliphatic rings. The van der Waals surface area contributed by atoms with Gasteiger partial charge in [-0.2, -0.15) is 0 Å². The molecule has 36 heavy (non-hydrogen) atoms. The minimum absolute atomic E-state index is 0.0440. The summed E-state index contributed by atoms with van der Waals surface area (Å²) in [5.41, 5.74) is 10.9. The highest BCUT2D eigenvalue weighted by atomic mass is 16.2. The fraction of sp³-hybridized carbons (Fsp3) is 0.379. The van der Waals surface area contributed by atoms with Crippen LogP contribution in [0, 0.1) is 6.92 Å². The molecule has 5 rings (SSSR count). The van der Waals surface area contributed by atoms with Gasteiger partial charge in [-0.25, -0.2) is 0 Å². The van der Waals surface area contributed by atoms with Crippen LogP contribution in [-0.4, -0.2) is 37.5 Å². The number of carbonyl (C=O) groups is 2. The topological polar surface area (TPSA) is 94.3 Å². The van der Waals surface area contributed by atoms with Gasteiger partial charge >= 0.3 is 0 Å². The maximum atomic E-state index is 13.4. The van der Waals surface area contributed by atoms with Crippen LogP contribution < -0.4 is 26.8 Å². The zero-order valence-electron chi connectivity index (χ0n) is 21.0. The van der Waals surface area contributed by atoms with Crippen LogP contribution in [0.2, 0.25) is 0 Å². The van der Waals surface area contributed by atoms with E-state index < -0.39 is 0 Å². The van der Waals surface area contributed by atoms with Crippen molar-refractivity contribution in [1.82, 2.24) is 21.5 Å². The Morgan fingerprint density at radius 3 is 2.58 bits per heavy atom. The zero-order chi connectivity index (χ0) is 25.1. The molecular weight excluding hydrogens is 450 g/mol. The van der Waals surface area contributed by atoms with E-state index in [1.165, 1.54) is 10.9 Å². The van der Waals surface area contributed by atoms with Crippen molar-refractivity contribution in [3.63, 3.8) is 0 Å². The Labute approximate surface area is 212 Å². The molecule has 0 spiro atoms. The number of aryl methyl sites for hydroxylation is 1. The first-order valence-electron chi connectivity index (χ1n) is 12.9. The number of anilines is 1. The molecule has 2 atom stereocenters. The van der Waals surface area contributed by atoms with E-state index in [-0.39, 0.29) is 23.9 Å². The highest BCUT2D eigenvalue weighted by Gasteiger charge is 2.23. The summed E-state index contributed by atoms with van der Waals surface area (Å²) in [6, 6.07) is 18.0. The van der Waals surface area contributed by atoms with Crippen LogP contribution in [0.4, 0.5) is 5.69 Å². The third-order valence-electron chi connectivity index (χ3n) is 7.40. The first-order valence-corrected chi connectivity index (χ1v) is 12.9. The van der Waals surface area contributed by atoms with E-state index in [4.69, 9.17) is 0 Å². The first-order chi connectivity index (χ1) is 17.5. The number of hydrogen-bond acceptors (Lipinski definition) is 5. The van der Waals surface area contributed by atoms with Crippen molar-refractivity contribution in [2.75, 3.05) is 25.0 Å². The average molecular weight is 486 g/mol. The molecule has 3 aromatic carbocycles. The Hall–Kier alpha value is -3.26. The van der Waals surface area contributed by atoms with Gasteiger partial charge in [-0.3, -0.25) is 20.4 Å². The van der Waals surface area contributed by atoms with Crippen molar-refractivity contribution < 1.29 is 9.59 Å². The summed E-state index contributed by atoms with van der Waals surface area (Å²) in [6.07, 6.45) is 2.99. The first kappa shape index (κ1) is 24.4. The fourth-order valence-electron chi connectivity index (χ4n) is 5.26. The molecule has 3 aromatic rings. The summed E-state index contributed by atoms with van der Waals surface area (Å²) in [6.45, 7) is 6.58. The van der Waals surface area contributed by atoms with E-state index in [1.807, 2.05) is 32.0 Å². The molecule has 0 unspecified atom stereocenters. The number of hydrogen-bond donors (Lipinski definition) is 5. The lowest BCUT2D eigenvalue weighted by atomic mass is 9.91. The largest absolute Gasteiger partial charge is 0.345 e. The molecule has 2 fully saturated rings. The zero-order valence-corrected chi connectivity index (χ0v) is 21.0. The highest BCUT2D eigenvalue weighted by molar-refractivity contribution is 6.00. The number of amides is 2. The third-order valence-corrected chi connectivity index (χ3v) is 7.40. The van der Waals surface area contributed by atoms with E-state index >= 15 is 0 Å². The SMILES string of the molecule is Cc1ccc(NC(=O)[C@H]2CCCCN2)cc1C(=O)N[C@@H](C)c1cc(C2CNNC2)cc2ccccc12. The normalized spacial score (nSPS) is 19.2. The monoisotopic (exact) mass is 485 g/mol. The molecule has 188 valence electrons. The summed E-state index contributed by atoms with van der Waals surface area (Å²) < 4.78 is 0. The maximum absolute atomic E-state index is 13.4. The molecular formula is C29H35N5O2. The number of benzene rings is 3. The number of hydrazine groups is 1. The molecule has 5 N–H and O–H groups in total. The minimum Gasteiger partial charge on any atom is -0.345 e. The highest BCUT2D eigenvalue weighted by Crippen LogP contribution is 2.30. The number of rotatable bonds is 6. The third kappa shape index (κ3) is 5.28. The Morgan fingerprint density at radius 1 is 1.00 bits per heavy atom. The van der Waals surface area contributed by atoms with Crippen LogP contribution in [0.3, 0.4) is 0 Å². The second-order valence-electron chi connectivity index (χ2n) is 10.0. The predicted octanol–water partition coefficient (Wildman–Crippen LogP) is 3.91. The molecule has 0 bridgehead atoms. The molecule has 2 heterocycles. The lowest BCUT2D eigenvalue weighted by Crippen LogP contribution is -2.43. The predicted molar refractivity (Wildman–Crippen MR) is 144 cm³/mol. The number of carbonyl (C=O) groups excluding carboxylic acids is 2. The number of nitrogens with one attached hydrogen (secondary N) is 5. The smallest absolute Gasteiger partial charge is 0.252 e. The number of fused-ring (bicyclic) bond motifs is 1. The summed E-state index contributed by atoms with van der Waals surface area (Å²) in [5.74, 6) is 0.195. The molecule has 0 saturated carbocycles. The van der Waals surface area contributed by atoms with Crippen molar-refractivity contribution in [3.05, 3.63) is 76.9 Å². The summed E-state index contributed by atoms with van der Waals surface area (Å²) in [5, 5.41) is 11.8. The summed E-state index contributed by atoms with van der Waals surface area (Å²) in [7, 11) is 0. The van der Waals surface area contributed by atoms with Crippen molar-refractivity contribution in [1.29, 1.82) is 0 Å². The maximum Gasteiger partial charge on any atom is 0.252 e. The standard InChI is InChI=1S/C29H35N5O2/c1-18-10-11-23(34-29(36)27-9-5-6-12-30-27)15-25(18)28(35)33-19(2)26-14-21(22-16-31-32-17-22)13-20-7-3-4-8-24(20)26/h3-4,7-8,10-11,13-15,19,22,27,30-32H,5-6,9,12,16-17H2,1-2H3,(H,33,35)(H,34,36)/t19-,27+/m0/s1. The molecule has 0 aliphatic carbocycles. The lowest BCUT2D eigenvalue weighted by Gasteiger charge is -2.23. The van der Waals surface area contributed by atoms with Gasteiger partial charge < -0.3 is 16.0 Å². The van der Waals surface area contributed by atoms with Gasteiger partial charge in [0.05, 0.1) is 12.1 Å². The minimum atomic E-state index is -0.186. The van der Waals surface area contributed by atoms with E-state index in [1.54, 1.807) is 6.07 Å². The van der Waals surface area contributed by atoms with Gasteiger partial charge in [-0.1, -0.05) is 48.9 Å². The van der Waals surface area contributed by atoms with Crippen LogP contribution in [0.15, 0.2) is 54.6 Å². The van der Waals surface area contributed by atoms with Crippen LogP contribution in [0.5, 0.6) is 0 Å². The van der Waals surface area contributed by atoms with Crippen LogP contribution >= 0.6 is 0 Å². The Balaban J connectivity index is 1.36. The average Bonchev–Trinajstić information content (AvgIpc) is 3.45. The van der Waals surface area contributed by atoms with Gasteiger partial charge in [0.25, 0.3) is 5.91 Å². The molecule has 7 heteroatoms. The van der Waals surface area contributed by atoms with Gasteiger partial charge in [0.1, 0.15) is 0 Å². The lowest BCUT2D eigenvalue weighted by molar-refractivity contribution is -0.118. The van der Waals surface area contributed by atoms with Crippen molar-refractivity contribution >= 4 is 28.3 Å². The van der Waals surface area contributed by atoms with Crippen molar-refractivity contribution in [2.45, 2.75) is 51.1 Å². The molecule has 2 aliphatic heterocycles. The Morgan fingerprint density at radius 2 is 1.81 bits per heavy atom. The Kier molecular flexibility index (Phi) is 7.32. The molecule has 0 aromatic heterocycles. The number of piperidine rings is 1. The van der Waals surface area contributed by atoms with Crippen molar-refractivity contribution in [3.8, 4) is 0 Å². The molecule has 2 amide bonds. The second kappa shape index (κ2) is 10.8. The van der Waals surface area contributed by atoms with Crippen LogP contribution in [0.1, 0.15) is 65.2 Å². The summed E-state index contributed by atoms with van der Waals surface area (Å²) in [4.78, 5) is 26.1. The Bertz CT molecular complexity index is 1260. The van der Waals surface area contributed by atoms with Crippen LogP contribution in [-0.2, 0) is 4.79 Å². The fourth-order valence-corrected chi connectivity index (χ4v) is 5.26. The van der Waals surface area contributed by atoms with Gasteiger partial charge in [0.2, 0.25) is 5.91 Å². The van der Waals surface area contributed by atoms with E-state index in [0.717, 1.165) is 55.4 Å². The van der Waals surface area contributed by atoms with Gasteiger partial charge in [0, 0.05) is 30.3 Å². The van der Waals surface area contributed by atoms with E-state index in [9.17, 15) is 9.59 Å². The molecule has 7 nitrogen and oxygen atoms in total. The van der Waals surface area contributed by atoms with Gasteiger partial charge in [-0.05, 0) is 72.8 Å². The van der Waals surface area contributed by atoms with E-state index in [0.29, 0.717) is 17.2 Å². The summed E-state index contributed by atoms with van der Waals surface area (Å²) >= 11 is 0. The van der Waals surface area contributed by atoms with Gasteiger partial charge in [0.15, 0.2) is 0 Å². The van der Waals surface area contributed by atoms with Gasteiger partial charge in [-0.15, -0.1) is 0 Å². The molecule has 0 radical (unpaired) electrons.